The molecule has 0 heterocycles. The SMILES string of the molecule is CN(C)CCCNC(=O)C1=CC=CC(CSCCOc2ccccc2)(c2ccccc2)C1. The number of rotatable bonds is 12. The molecule has 0 radical (unpaired) electrons. The molecule has 3 rings (SSSR count). The molecule has 0 fully saturated rings. The summed E-state index contributed by atoms with van der Waals surface area (Å²) in [4.78, 5) is 15.0. The Bertz CT molecular complexity index is 896. The minimum absolute atomic E-state index is 0.0471. The molecule has 4 nitrogen and oxygen atoms in total. The highest BCUT2D eigenvalue weighted by Crippen LogP contribution is 2.38. The third kappa shape index (κ3) is 7.28. The summed E-state index contributed by atoms with van der Waals surface area (Å²) in [6.07, 6.45) is 7.93. The number of hydrogen-bond donors (Lipinski definition) is 1. The van der Waals surface area contributed by atoms with Gasteiger partial charge in [0.2, 0.25) is 5.91 Å². The predicted molar refractivity (Wildman–Crippen MR) is 135 cm³/mol. The molecule has 0 saturated heterocycles. The van der Waals surface area contributed by atoms with E-state index in [4.69, 9.17) is 4.74 Å². The molecule has 1 amide bonds. The van der Waals surface area contributed by atoms with Crippen molar-refractivity contribution in [2.45, 2.75) is 18.3 Å². The summed E-state index contributed by atoms with van der Waals surface area (Å²) in [7, 11) is 4.10. The number of ether oxygens (including phenoxy) is 1. The second kappa shape index (κ2) is 12.5. The number of para-hydroxylation sites is 1. The molecule has 0 aromatic heterocycles. The summed E-state index contributed by atoms with van der Waals surface area (Å²) < 4.78 is 5.85. The molecule has 1 aliphatic rings. The smallest absolute Gasteiger partial charge is 0.247 e. The van der Waals surface area contributed by atoms with Crippen molar-refractivity contribution in [1.29, 1.82) is 0 Å². The molecule has 32 heavy (non-hydrogen) atoms. The number of nitrogens with one attached hydrogen (secondary N) is 1. The van der Waals surface area contributed by atoms with Crippen molar-refractivity contribution >= 4 is 17.7 Å². The van der Waals surface area contributed by atoms with Crippen LogP contribution in [-0.2, 0) is 10.2 Å². The van der Waals surface area contributed by atoms with Gasteiger partial charge < -0.3 is 15.0 Å². The van der Waals surface area contributed by atoms with E-state index in [1.54, 1.807) is 0 Å². The van der Waals surface area contributed by atoms with Gasteiger partial charge in [-0.3, -0.25) is 4.79 Å². The molecule has 1 atom stereocenters. The first-order chi connectivity index (χ1) is 15.6. The number of hydrogen-bond acceptors (Lipinski definition) is 4. The first-order valence-corrected chi connectivity index (χ1v) is 12.4. The van der Waals surface area contributed by atoms with Crippen LogP contribution in [0.25, 0.3) is 0 Å². The molecule has 5 heteroatoms. The van der Waals surface area contributed by atoms with Gasteiger partial charge in [0.25, 0.3) is 0 Å². The largest absolute Gasteiger partial charge is 0.493 e. The van der Waals surface area contributed by atoms with E-state index in [2.05, 4.69) is 40.6 Å². The van der Waals surface area contributed by atoms with Gasteiger partial charge in [-0.25, -0.2) is 0 Å². The highest BCUT2D eigenvalue weighted by atomic mass is 32.2. The van der Waals surface area contributed by atoms with Crippen LogP contribution in [-0.4, -0.2) is 56.1 Å². The van der Waals surface area contributed by atoms with Crippen molar-refractivity contribution in [3.63, 3.8) is 0 Å². The van der Waals surface area contributed by atoms with E-state index in [9.17, 15) is 4.79 Å². The van der Waals surface area contributed by atoms with Crippen LogP contribution >= 0.6 is 11.8 Å². The summed E-state index contributed by atoms with van der Waals surface area (Å²) in [5, 5.41) is 3.10. The average molecular weight is 451 g/mol. The fourth-order valence-corrected chi connectivity index (χ4v) is 4.89. The third-order valence-corrected chi connectivity index (χ3v) is 6.70. The highest BCUT2D eigenvalue weighted by molar-refractivity contribution is 7.99. The lowest BCUT2D eigenvalue weighted by atomic mass is 9.74. The Kier molecular flexibility index (Phi) is 9.44. The molecular formula is C27H34N2O2S. The zero-order chi connectivity index (χ0) is 22.7. The van der Waals surface area contributed by atoms with Gasteiger partial charge in [0.1, 0.15) is 5.75 Å². The molecule has 170 valence electrons. The first-order valence-electron chi connectivity index (χ1n) is 11.2. The molecule has 0 spiro atoms. The van der Waals surface area contributed by atoms with E-state index in [0.29, 0.717) is 19.6 Å². The van der Waals surface area contributed by atoms with Crippen LogP contribution in [0, 0.1) is 0 Å². The lowest BCUT2D eigenvalue weighted by Gasteiger charge is -2.34. The molecule has 1 unspecified atom stereocenters. The summed E-state index contributed by atoms with van der Waals surface area (Å²) in [5.74, 6) is 2.75. The minimum Gasteiger partial charge on any atom is -0.493 e. The predicted octanol–water partition coefficient (Wildman–Crippen LogP) is 4.69. The third-order valence-electron chi connectivity index (χ3n) is 5.53. The number of allylic oxidation sites excluding steroid dienone is 3. The first kappa shape index (κ1) is 24.1. The summed E-state index contributed by atoms with van der Waals surface area (Å²) in [6, 6.07) is 20.5. The van der Waals surface area contributed by atoms with Gasteiger partial charge in [-0.05, 0) is 51.2 Å². The highest BCUT2D eigenvalue weighted by Gasteiger charge is 2.33. The Morgan fingerprint density at radius 3 is 2.53 bits per heavy atom. The fraction of sp³-hybridized carbons (Fsp3) is 0.370. The van der Waals surface area contributed by atoms with Gasteiger partial charge >= 0.3 is 0 Å². The van der Waals surface area contributed by atoms with Crippen molar-refractivity contribution < 1.29 is 9.53 Å². The molecule has 1 aliphatic carbocycles. The Hall–Kier alpha value is -2.50. The van der Waals surface area contributed by atoms with Crippen LogP contribution in [0.4, 0.5) is 0 Å². The summed E-state index contributed by atoms with van der Waals surface area (Å²) in [6.45, 7) is 2.33. The van der Waals surface area contributed by atoms with E-state index in [1.165, 1.54) is 5.56 Å². The Balaban J connectivity index is 1.58. The van der Waals surface area contributed by atoms with Crippen molar-refractivity contribution in [3.8, 4) is 5.75 Å². The molecule has 1 N–H and O–H groups in total. The van der Waals surface area contributed by atoms with Gasteiger partial charge in [0.15, 0.2) is 0 Å². The van der Waals surface area contributed by atoms with Crippen LogP contribution in [0.1, 0.15) is 18.4 Å². The standard InChI is InChI=1S/C27H34N2O2S/c1-29(2)18-10-17-28-26(30)23-11-9-16-27(21-23,24-12-5-3-6-13-24)22-32-20-19-31-25-14-7-4-8-15-25/h3-9,11-16H,10,17-22H2,1-2H3,(H,28,30). The van der Waals surface area contributed by atoms with E-state index in [0.717, 1.165) is 35.8 Å². The molecular weight excluding hydrogens is 416 g/mol. The number of amides is 1. The lowest BCUT2D eigenvalue weighted by Crippen LogP contribution is -2.35. The number of carbonyl (C=O) groups is 1. The van der Waals surface area contributed by atoms with Crippen molar-refractivity contribution in [1.82, 2.24) is 10.2 Å². The summed E-state index contributed by atoms with van der Waals surface area (Å²) in [5.41, 5.74) is 1.91. The molecule has 0 saturated carbocycles. The van der Waals surface area contributed by atoms with Crippen LogP contribution in [0.15, 0.2) is 84.5 Å². The van der Waals surface area contributed by atoms with E-state index in [-0.39, 0.29) is 11.3 Å². The maximum atomic E-state index is 12.8. The van der Waals surface area contributed by atoms with Crippen molar-refractivity contribution in [2.24, 2.45) is 0 Å². The second-order valence-corrected chi connectivity index (χ2v) is 9.48. The quantitative estimate of drug-likeness (QED) is 0.476. The average Bonchev–Trinajstić information content (AvgIpc) is 2.83. The van der Waals surface area contributed by atoms with Gasteiger partial charge in [-0.15, -0.1) is 0 Å². The maximum Gasteiger partial charge on any atom is 0.247 e. The Morgan fingerprint density at radius 1 is 1.09 bits per heavy atom. The zero-order valence-corrected chi connectivity index (χ0v) is 19.9. The monoisotopic (exact) mass is 450 g/mol. The van der Waals surface area contributed by atoms with Crippen LogP contribution in [0.5, 0.6) is 5.75 Å². The Labute approximate surface area is 196 Å². The van der Waals surface area contributed by atoms with Gasteiger partial charge in [0, 0.05) is 29.0 Å². The molecule has 0 aliphatic heterocycles. The fourth-order valence-electron chi connectivity index (χ4n) is 3.81. The number of benzene rings is 2. The van der Waals surface area contributed by atoms with Gasteiger partial charge in [0.05, 0.1) is 6.61 Å². The molecule has 2 aromatic rings. The van der Waals surface area contributed by atoms with Gasteiger partial charge in [-0.2, -0.15) is 11.8 Å². The molecule has 0 bridgehead atoms. The summed E-state index contributed by atoms with van der Waals surface area (Å²) >= 11 is 1.87. The van der Waals surface area contributed by atoms with Crippen molar-refractivity contribution in [3.05, 3.63) is 90.0 Å². The molecule has 2 aromatic carbocycles. The topological polar surface area (TPSA) is 41.6 Å². The maximum absolute atomic E-state index is 12.8. The van der Waals surface area contributed by atoms with Crippen molar-refractivity contribution in [2.75, 3.05) is 45.3 Å². The number of thioether (sulfide) groups is 1. The van der Waals surface area contributed by atoms with E-state index >= 15 is 0 Å². The number of carbonyl (C=O) groups excluding carboxylic acids is 1. The second-order valence-electron chi connectivity index (χ2n) is 8.38. The van der Waals surface area contributed by atoms with Crippen LogP contribution < -0.4 is 10.1 Å². The zero-order valence-electron chi connectivity index (χ0n) is 19.1. The normalized spacial score (nSPS) is 17.8. The number of nitrogens with zero attached hydrogens (tertiary/aromatic N) is 1. The van der Waals surface area contributed by atoms with E-state index < -0.39 is 0 Å². The Morgan fingerprint density at radius 2 is 1.81 bits per heavy atom. The van der Waals surface area contributed by atoms with Gasteiger partial charge in [-0.1, -0.05) is 66.8 Å². The van der Waals surface area contributed by atoms with E-state index in [1.807, 2.05) is 74.4 Å². The minimum atomic E-state index is -0.191. The lowest BCUT2D eigenvalue weighted by molar-refractivity contribution is -0.117. The van der Waals surface area contributed by atoms with Crippen LogP contribution in [0.3, 0.4) is 0 Å². The van der Waals surface area contributed by atoms with Crippen LogP contribution in [0.2, 0.25) is 0 Å².